The van der Waals surface area contributed by atoms with Crippen LogP contribution in [0.1, 0.15) is 73.6 Å². The van der Waals surface area contributed by atoms with Crippen LogP contribution in [0.4, 0.5) is 0 Å². The maximum Gasteiger partial charge on any atom is 0.123 e. The highest BCUT2D eigenvalue weighted by atomic mass is 32.2. The van der Waals surface area contributed by atoms with Gasteiger partial charge in [-0.05, 0) is 60.0 Å². The Morgan fingerprint density at radius 1 is 0.964 bits per heavy atom. The monoisotopic (exact) mass is 406 g/mol. The van der Waals surface area contributed by atoms with E-state index in [1.165, 1.54) is 42.8 Å². The number of ether oxygens (including phenoxy) is 2. The zero-order valence-corrected chi connectivity index (χ0v) is 20.2. The molecule has 4 unspecified atom stereocenters. The first-order chi connectivity index (χ1) is 13.3. The lowest BCUT2D eigenvalue weighted by atomic mass is 9.47. The summed E-state index contributed by atoms with van der Waals surface area (Å²) in [6, 6.07) is 6.24. The third-order valence-electron chi connectivity index (χ3n) is 7.48. The maximum absolute atomic E-state index is 5.45. The molecule has 0 aromatic heterocycles. The van der Waals surface area contributed by atoms with Crippen molar-refractivity contribution < 1.29 is 9.47 Å². The predicted octanol–water partition coefficient (Wildman–Crippen LogP) is 7.70. The lowest BCUT2D eigenvalue weighted by Gasteiger charge is -2.59. The zero-order valence-electron chi connectivity index (χ0n) is 19.4. The second kappa shape index (κ2) is 9.78. The minimum absolute atomic E-state index is 0.482. The van der Waals surface area contributed by atoms with E-state index < -0.39 is 0 Å². The lowest BCUT2D eigenvalue weighted by Crippen LogP contribution is -2.51. The Bertz CT molecular complexity index is 605. The Kier molecular flexibility index (Phi) is 8.19. The number of methoxy groups -OCH3 is 2. The van der Waals surface area contributed by atoms with E-state index in [-0.39, 0.29) is 0 Å². The van der Waals surface area contributed by atoms with Gasteiger partial charge in [0.15, 0.2) is 0 Å². The summed E-state index contributed by atoms with van der Waals surface area (Å²) < 4.78 is 10.9. The summed E-state index contributed by atoms with van der Waals surface area (Å²) in [5.74, 6) is 5.41. The van der Waals surface area contributed by atoms with Crippen LogP contribution < -0.4 is 9.47 Å². The fraction of sp³-hybridized carbons (Fsp3) is 0.760. The SMILES string of the molecule is CC.COc1cc(OC)cc(SCC2C(C)CCC3C(C)(C)CCCC23C)c1. The van der Waals surface area contributed by atoms with Crippen molar-refractivity contribution in [2.24, 2.45) is 28.6 Å². The molecule has 0 saturated heterocycles. The van der Waals surface area contributed by atoms with Crippen LogP contribution in [-0.2, 0) is 0 Å². The standard InChI is InChI=1S/C23H36O2S.C2H6/c1-16-8-9-21-22(2,3)10-7-11-23(21,4)20(16)15-26-19-13-17(24-5)12-18(14-19)25-6;1-2/h12-14,16,20-21H,7-11,15H2,1-6H3;1-2H3. The second-order valence-electron chi connectivity index (χ2n) is 9.42. The summed E-state index contributed by atoms with van der Waals surface area (Å²) in [5.41, 5.74) is 0.977. The Balaban J connectivity index is 0.00000136. The van der Waals surface area contributed by atoms with Gasteiger partial charge in [0, 0.05) is 16.7 Å². The number of fused-ring (bicyclic) bond motifs is 1. The first-order valence-corrected chi connectivity index (χ1v) is 12.1. The normalized spacial score (nSPS) is 31.2. The summed E-state index contributed by atoms with van der Waals surface area (Å²) in [4.78, 5) is 1.26. The second-order valence-corrected chi connectivity index (χ2v) is 10.5. The molecule has 160 valence electrons. The van der Waals surface area contributed by atoms with Crippen molar-refractivity contribution in [3.8, 4) is 11.5 Å². The van der Waals surface area contributed by atoms with Gasteiger partial charge in [0.1, 0.15) is 11.5 Å². The summed E-state index contributed by atoms with van der Waals surface area (Å²) in [6.07, 6.45) is 6.99. The average molecular weight is 407 g/mol. The van der Waals surface area contributed by atoms with Crippen LogP contribution >= 0.6 is 11.8 Å². The van der Waals surface area contributed by atoms with Crippen molar-refractivity contribution in [1.82, 2.24) is 0 Å². The van der Waals surface area contributed by atoms with Crippen molar-refractivity contribution in [2.45, 2.75) is 78.5 Å². The molecular weight excluding hydrogens is 364 g/mol. The van der Waals surface area contributed by atoms with Crippen molar-refractivity contribution >= 4 is 11.8 Å². The van der Waals surface area contributed by atoms with E-state index >= 15 is 0 Å². The Hall–Kier alpha value is -0.830. The Labute approximate surface area is 178 Å². The van der Waals surface area contributed by atoms with Crippen LogP contribution in [0.15, 0.2) is 23.1 Å². The van der Waals surface area contributed by atoms with Gasteiger partial charge in [0.05, 0.1) is 14.2 Å². The van der Waals surface area contributed by atoms with Crippen LogP contribution in [-0.4, -0.2) is 20.0 Å². The van der Waals surface area contributed by atoms with Gasteiger partial charge in [-0.25, -0.2) is 0 Å². The number of hydrogen-bond acceptors (Lipinski definition) is 3. The Morgan fingerprint density at radius 3 is 2.14 bits per heavy atom. The molecule has 0 heterocycles. The van der Waals surface area contributed by atoms with E-state index in [2.05, 4.69) is 39.8 Å². The molecule has 0 spiro atoms. The van der Waals surface area contributed by atoms with Gasteiger partial charge in [0.25, 0.3) is 0 Å². The summed E-state index contributed by atoms with van der Waals surface area (Å²) in [7, 11) is 3.45. The highest BCUT2D eigenvalue weighted by Crippen LogP contribution is 2.61. The number of thioether (sulfide) groups is 1. The number of benzene rings is 1. The molecule has 2 aliphatic carbocycles. The molecule has 4 atom stereocenters. The largest absolute Gasteiger partial charge is 0.497 e. The molecule has 2 saturated carbocycles. The summed E-state index contributed by atoms with van der Waals surface area (Å²) in [5, 5.41) is 0. The Morgan fingerprint density at radius 2 is 1.57 bits per heavy atom. The van der Waals surface area contributed by atoms with E-state index in [9.17, 15) is 0 Å². The van der Waals surface area contributed by atoms with Crippen molar-refractivity contribution in [3.63, 3.8) is 0 Å². The van der Waals surface area contributed by atoms with E-state index in [0.717, 1.165) is 29.3 Å². The van der Waals surface area contributed by atoms with Crippen molar-refractivity contribution in [3.05, 3.63) is 18.2 Å². The summed E-state index contributed by atoms with van der Waals surface area (Å²) >= 11 is 1.98. The van der Waals surface area contributed by atoms with Gasteiger partial charge in [-0.3, -0.25) is 0 Å². The molecule has 0 N–H and O–H groups in total. The fourth-order valence-corrected chi connectivity index (χ4v) is 7.50. The first-order valence-electron chi connectivity index (χ1n) is 11.2. The van der Waals surface area contributed by atoms with Crippen LogP contribution in [0.3, 0.4) is 0 Å². The maximum atomic E-state index is 5.45. The topological polar surface area (TPSA) is 18.5 Å². The van der Waals surface area contributed by atoms with Crippen LogP contribution in [0.5, 0.6) is 11.5 Å². The van der Waals surface area contributed by atoms with E-state index in [1.54, 1.807) is 14.2 Å². The fourth-order valence-electron chi connectivity index (χ4n) is 6.02. The van der Waals surface area contributed by atoms with Gasteiger partial charge in [-0.15, -0.1) is 11.8 Å². The predicted molar refractivity (Wildman–Crippen MR) is 123 cm³/mol. The molecule has 2 aliphatic rings. The highest BCUT2D eigenvalue weighted by molar-refractivity contribution is 7.99. The molecule has 2 fully saturated rings. The van der Waals surface area contributed by atoms with Gasteiger partial charge >= 0.3 is 0 Å². The third-order valence-corrected chi connectivity index (χ3v) is 8.57. The van der Waals surface area contributed by atoms with E-state index in [0.29, 0.717) is 10.8 Å². The molecule has 0 bridgehead atoms. The quantitative estimate of drug-likeness (QED) is 0.467. The highest BCUT2D eigenvalue weighted by Gasteiger charge is 2.53. The minimum atomic E-state index is 0.482. The molecule has 0 aliphatic heterocycles. The molecule has 1 aromatic carbocycles. The molecule has 3 rings (SSSR count). The van der Waals surface area contributed by atoms with Crippen molar-refractivity contribution in [1.29, 1.82) is 0 Å². The number of rotatable bonds is 5. The van der Waals surface area contributed by atoms with Crippen LogP contribution in [0.2, 0.25) is 0 Å². The molecule has 0 radical (unpaired) electrons. The molecule has 0 amide bonds. The van der Waals surface area contributed by atoms with Gasteiger partial charge in [-0.1, -0.05) is 54.4 Å². The smallest absolute Gasteiger partial charge is 0.123 e. The van der Waals surface area contributed by atoms with Crippen LogP contribution in [0, 0.1) is 28.6 Å². The zero-order chi connectivity index (χ0) is 20.9. The van der Waals surface area contributed by atoms with Crippen molar-refractivity contribution in [2.75, 3.05) is 20.0 Å². The lowest BCUT2D eigenvalue weighted by molar-refractivity contribution is -0.0850. The molecule has 3 heteroatoms. The summed E-state index contributed by atoms with van der Waals surface area (Å²) in [6.45, 7) is 14.1. The van der Waals surface area contributed by atoms with Gasteiger partial charge < -0.3 is 9.47 Å². The third kappa shape index (κ3) is 4.83. The molecule has 28 heavy (non-hydrogen) atoms. The molecule has 1 aromatic rings. The molecule has 2 nitrogen and oxygen atoms in total. The minimum Gasteiger partial charge on any atom is -0.497 e. The van der Waals surface area contributed by atoms with E-state index in [4.69, 9.17) is 9.47 Å². The average Bonchev–Trinajstić information content (AvgIpc) is 2.67. The van der Waals surface area contributed by atoms with E-state index in [1.807, 2.05) is 31.7 Å². The van der Waals surface area contributed by atoms with Gasteiger partial charge in [-0.2, -0.15) is 0 Å². The van der Waals surface area contributed by atoms with Crippen LogP contribution in [0.25, 0.3) is 0 Å². The number of hydrogen-bond donors (Lipinski definition) is 0. The van der Waals surface area contributed by atoms with Gasteiger partial charge in [0.2, 0.25) is 0 Å². The molecular formula is C25H42O2S. The first kappa shape index (κ1) is 23.4.